The maximum Gasteiger partial charge on any atom is 0.174 e. The molecule has 1 aromatic carbocycles. The van der Waals surface area contributed by atoms with Crippen LogP contribution in [-0.4, -0.2) is 59.3 Å². The number of aliphatic hydroxyl groups is 1. The number of hydrogen-bond acceptors (Lipinski definition) is 6. The largest absolute Gasteiger partial charge is 0.480 e. The van der Waals surface area contributed by atoms with Gasteiger partial charge in [0.05, 0.1) is 22.7 Å². The third-order valence-electron chi connectivity index (χ3n) is 7.97. The van der Waals surface area contributed by atoms with Crippen molar-refractivity contribution in [3.63, 3.8) is 0 Å². The molecule has 0 amide bonds. The molecule has 4 unspecified atom stereocenters. The van der Waals surface area contributed by atoms with Gasteiger partial charge in [-0.25, -0.2) is 0 Å². The molecular formula is C22H24N2O4. The Balaban J connectivity index is 1.51. The lowest BCUT2D eigenvalue weighted by atomic mass is 9.49. The van der Waals surface area contributed by atoms with Gasteiger partial charge in [-0.2, -0.15) is 5.26 Å². The molecule has 2 bridgehead atoms. The summed E-state index contributed by atoms with van der Waals surface area (Å²) in [5, 5.41) is 21.7. The Morgan fingerprint density at radius 1 is 1.36 bits per heavy atom. The number of likely N-dealkylation sites (tertiary alicyclic amines) is 1. The Morgan fingerprint density at radius 2 is 2.25 bits per heavy atom. The highest BCUT2D eigenvalue weighted by atomic mass is 16.5. The number of carbonyl (C=O) groups excluding carboxylic acids is 1. The summed E-state index contributed by atoms with van der Waals surface area (Å²) >= 11 is 0. The highest BCUT2D eigenvalue weighted by Crippen LogP contribution is 2.63. The topological polar surface area (TPSA) is 82.8 Å². The minimum absolute atomic E-state index is 0.0453. The number of carbonyl (C=O) groups is 1. The van der Waals surface area contributed by atoms with Gasteiger partial charge in [0, 0.05) is 31.2 Å². The summed E-state index contributed by atoms with van der Waals surface area (Å²) in [5.41, 5.74) is 0.820. The molecular weight excluding hydrogens is 356 g/mol. The first-order valence-electron chi connectivity index (χ1n) is 10.4. The highest BCUT2D eigenvalue weighted by molar-refractivity contribution is 5.90. The van der Waals surface area contributed by atoms with E-state index in [1.807, 2.05) is 6.07 Å². The standard InChI is InChI=1S/C22H24N2O4/c23-11-14-4-3-13-10-17-22(26)6-5-16(25)20-21(22,18(13)19(14)28-20)7-8-24(17)12-15-2-1-9-27-15/h3-4,15,17,20,26H,1-2,5-10,12H2/t15?,17-,20?,21?,22?/m1/s1. The van der Waals surface area contributed by atoms with Crippen LogP contribution in [0.5, 0.6) is 5.75 Å². The minimum atomic E-state index is -1.01. The van der Waals surface area contributed by atoms with E-state index < -0.39 is 17.1 Å². The molecule has 146 valence electrons. The first-order chi connectivity index (χ1) is 13.6. The second-order valence-corrected chi connectivity index (χ2v) is 9.05. The first-order valence-corrected chi connectivity index (χ1v) is 10.4. The zero-order valence-corrected chi connectivity index (χ0v) is 15.8. The van der Waals surface area contributed by atoms with Gasteiger partial charge in [0.1, 0.15) is 11.8 Å². The number of nitriles is 1. The minimum Gasteiger partial charge on any atom is -0.480 e. The molecule has 1 aromatic rings. The molecule has 0 aromatic heterocycles. The molecule has 2 saturated heterocycles. The van der Waals surface area contributed by atoms with Crippen molar-refractivity contribution >= 4 is 5.78 Å². The lowest BCUT2D eigenvalue weighted by Crippen LogP contribution is -2.76. The molecule has 1 N–H and O–H groups in total. The average molecular weight is 380 g/mol. The summed E-state index contributed by atoms with van der Waals surface area (Å²) in [7, 11) is 0. The van der Waals surface area contributed by atoms with E-state index in [4.69, 9.17) is 9.47 Å². The van der Waals surface area contributed by atoms with Crippen molar-refractivity contribution in [2.24, 2.45) is 0 Å². The molecule has 5 atom stereocenters. The first kappa shape index (κ1) is 17.0. The zero-order valence-electron chi connectivity index (χ0n) is 15.8. The van der Waals surface area contributed by atoms with E-state index >= 15 is 0 Å². The van der Waals surface area contributed by atoms with Crippen LogP contribution in [0.4, 0.5) is 0 Å². The number of benzene rings is 1. The van der Waals surface area contributed by atoms with E-state index in [1.165, 1.54) is 0 Å². The van der Waals surface area contributed by atoms with Crippen LogP contribution in [0.15, 0.2) is 12.1 Å². The lowest BCUT2D eigenvalue weighted by molar-refractivity contribution is -0.191. The van der Waals surface area contributed by atoms with Gasteiger partial charge in [-0.1, -0.05) is 6.07 Å². The third kappa shape index (κ3) is 1.85. The van der Waals surface area contributed by atoms with E-state index in [0.717, 1.165) is 50.1 Å². The van der Waals surface area contributed by atoms with Crippen molar-refractivity contribution < 1.29 is 19.4 Å². The second kappa shape index (κ2) is 5.56. The van der Waals surface area contributed by atoms with Gasteiger partial charge in [0.2, 0.25) is 0 Å². The van der Waals surface area contributed by atoms with Crippen molar-refractivity contribution in [3.05, 3.63) is 28.8 Å². The monoisotopic (exact) mass is 380 g/mol. The second-order valence-electron chi connectivity index (χ2n) is 9.05. The molecule has 28 heavy (non-hydrogen) atoms. The quantitative estimate of drug-likeness (QED) is 0.837. The number of piperidine rings is 1. The maximum atomic E-state index is 12.9. The Morgan fingerprint density at radius 3 is 3.04 bits per heavy atom. The number of ketones is 1. The Bertz CT molecular complexity index is 918. The van der Waals surface area contributed by atoms with Crippen LogP contribution in [0, 0.1) is 11.3 Å². The van der Waals surface area contributed by atoms with Crippen LogP contribution in [0.3, 0.4) is 0 Å². The number of nitrogens with zero attached hydrogens (tertiary/aromatic N) is 2. The van der Waals surface area contributed by atoms with E-state index in [2.05, 4.69) is 11.0 Å². The van der Waals surface area contributed by atoms with Gasteiger partial charge in [0.25, 0.3) is 0 Å². The fraction of sp³-hybridized carbons (Fsp3) is 0.636. The third-order valence-corrected chi connectivity index (χ3v) is 7.97. The highest BCUT2D eigenvalue weighted by Gasteiger charge is 2.73. The van der Waals surface area contributed by atoms with Crippen LogP contribution >= 0.6 is 0 Å². The Hall–Kier alpha value is -1.94. The predicted octanol–water partition coefficient (Wildman–Crippen LogP) is 1.46. The number of Topliss-reactive ketones (excluding diaryl/α,β-unsaturated/α-hetero) is 1. The number of hydrogen-bond donors (Lipinski definition) is 1. The molecule has 6 rings (SSSR count). The molecule has 5 aliphatic rings. The van der Waals surface area contributed by atoms with E-state index in [1.54, 1.807) is 6.07 Å². The SMILES string of the molecule is N#Cc1ccc2c3c1OC1C(=O)CCC4(O)[C@@H](C2)N(CC2CCCO2)CCC314. The van der Waals surface area contributed by atoms with E-state index in [-0.39, 0.29) is 17.9 Å². The van der Waals surface area contributed by atoms with Crippen molar-refractivity contribution in [2.45, 2.75) is 67.8 Å². The van der Waals surface area contributed by atoms with Gasteiger partial charge in [-0.05, 0) is 50.3 Å². The van der Waals surface area contributed by atoms with Crippen LogP contribution in [-0.2, 0) is 21.4 Å². The fourth-order valence-electron chi connectivity index (χ4n) is 6.78. The van der Waals surface area contributed by atoms with Crippen LogP contribution in [0.1, 0.15) is 48.8 Å². The van der Waals surface area contributed by atoms with E-state index in [9.17, 15) is 15.2 Å². The van der Waals surface area contributed by atoms with Crippen molar-refractivity contribution in [2.75, 3.05) is 19.7 Å². The summed E-state index contributed by atoms with van der Waals surface area (Å²) in [6.45, 7) is 2.47. The maximum absolute atomic E-state index is 12.9. The van der Waals surface area contributed by atoms with Gasteiger partial charge >= 0.3 is 0 Å². The number of rotatable bonds is 2. The average Bonchev–Trinajstić information content (AvgIpc) is 3.32. The van der Waals surface area contributed by atoms with Crippen molar-refractivity contribution in [1.29, 1.82) is 5.26 Å². The van der Waals surface area contributed by atoms with E-state index in [0.29, 0.717) is 30.6 Å². The smallest absolute Gasteiger partial charge is 0.174 e. The molecule has 6 nitrogen and oxygen atoms in total. The molecule has 3 aliphatic heterocycles. The van der Waals surface area contributed by atoms with Gasteiger partial charge in [0.15, 0.2) is 11.9 Å². The summed E-state index contributed by atoms with van der Waals surface area (Å²) in [4.78, 5) is 15.3. The fourth-order valence-corrected chi connectivity index (χ4v) is 6.78. The molecule has 2 aliphatic carbocycles. The summed E-state index contributed by atoms with van der Waals surface area (Å²) in [6, 6.07) is 5.98. The molecule has 1 saturated carbocycles. The van der Waals surface area contributed by atoms with Crippen molar-refractivity contribution in [3.8, 4) is 11.8 Å². The Labute approximate surface area is 164 Å². The molecule has 6 heteroatoms. The summed E-state index contributed by atoms with van der Waals surface area (Å²) in [6.07, 6.45) is 3.95. The summed E-state index contributed by atoms with van der Waals surface area (Å²) < 4.78 is 12.0. The normalized spacial score (nSPS) is 40.7. The van der Waals surface area contributed by atoms with Gasteiger partial charge in [-0.15, -0.1) is 0 Å². The predicted molar refractivity (Wildman–Crippen MR) is 99.1 cm³/mol. The zero-order chi connectivity index (χ0) is 19.1. The van der Waals surface area contributed by atoms with Gasteiger partial charge in [-0.3, -0.25) is 9.69 Å². The van der Waals surface area contributed by atoms with Crippen LogP contribution < -0.4 is 4.74 Å². The molecule has 0 radical (unpaired) electrons. The lowest BCUT2D eigenvalue weighted by Gasteiger charge is -2.62. The van der Waals surface area contributed by atoms with Gasteiger partial charge < -0.3 is 14.6 Å². The molecule has 3 heterocycles. The Kier molecular flexibility index (Phi) is 3.37. The number of ether oxygens (including phenoxy) is 2. The van der Waals surface area contributed by atoms with Crippen LogP contribution in [0.2, 0.25) is 0 Å². The molecule has 3 fully saturated rings. The molecule has 1 spiro atoms. The van der Waals surface area contributed by atoms with Crippen LogP contribution in [0.25, 0.3) is 0 Å². The van der Waals surface area contributed by atoms with Crippen molar-refractivity contribution in [1.82, 2.24) is 4.90 Å². The summed E-state index contributed by atoms with van der Waals surface area (Å²) in [5.74, 6) is 0.605.